The molecule has 6 atom stereocenters. The van der Waals surface area contributed by atoms with Crippen molar-refractivity contribution in [2.24, 2.45) is 35.5 Å². The molecule has 0 aromatic rings. The average molecular weight is 526 g/mol. The van der Waals surface area contributed by atoms with E-state index in [1.54, 1.807) is 0 Å². The van der Waals surface area contributed by atoms with Gasteiger partial charge in [-0.05, 0) is 81.5 Å². The summed E-state index contributed by atoms with van der Waals surface area (Å²) < 4.78 is 87.1. The molecule has 0 amide bonds. The van der Waals surface area contributed by atoms with Crippen LogP contribution in [0, 0.1) is 35.5 Å². The van der Waals surface area contributed by atoms with E-state index in [0.29, 0.717) is 32.0 Å². The number of carbonyl (C=O) groups is 1. The highest BCUT2D eigenvalue weighted by Crippen LogP contribution is 2.53. The van der Waals surface area contributed by atoms with Crippen molar-refractivity contribution in [1.82, 2.24) is 4.90 Å². The number of carbonyl (C=O) groups excluding carboxylic acids is 1. The molecular weight excluding hydrogens is 484 g/mol. The van der Waals surface area contributed by atoms with Crippen LogP contribution >= 0.6 is 0 Å². The molecule has 4 fully saturated rings. The highest BCUT2D eigenvalue weighted by atomic mass is 19.4. The summed E-state index contributed by atoms with van der Waals surface area (Å²) in [7, 11) is 0. The summed E-state index contributed by atoms with van der Waals surface area (Å²) in [6.45, 7) is 2.36. The first-order valence-electron chi connectivity index (χ1n) is 14.0. The van der Waals surface area contributed by atoms with E-state index in [4.69, 9.17) is 4.74 Å². The van der Waals surface area contributed by atoms with Crippen molar-refractivity contribution in [2.75, 3.05) is 19.7 Å². The Balaban J connectivity index is 1.35. The van der Waals surface area contributed by atoms with Crippen molar-refractivity contribution in [3.05, 3.63) is 0 Å². The van der Waals surface area contributed by atoms with Gasteiger partial charge in [-0.2, -0.15) is 26.3 Å². The van der Waals surface area contributed by atoms with E-state index in [2.05, 4.69) is 4.90 Å². The third-order valence-electron chi connectivity index (χ3n) is 9.68. The Kier molecular flexibility index (Phi) is 9.33. The van der Waals surface area contributed by atoms with Crippen LogP contribution in [0.5, 0.6) is 0 Å². The Morgan fingerprint density at radius 1 is 0.806 bits per heavy atom. The van der Waals surface area contributed by atoms with Crippen molar-refractivity contribution in [3.63, 3.8) is 0 Å². The van der Waals surface area contributed by atoms with Crippen LogP contribution in [0.25, 0.3) is 0 Å². The number of hydrogen-bond acceptors (Lipinski definition) is 3. The molecule has 0 spiro atoms. The molecule has 36 heavy (non-hydrogen) atoms. The number of likely N-dealkylation sites (tertiary alicyclic amines) is 1. The van der Waals surface area contributed by atoms with Gasteiger partial charge in [0.05, 0.1) is 17.9 Å². The maximum Gasteiger partial charge on any atom is 0.391 e. The fourth-order valence-corrected chi connectivity index (χ4v) is 7.85. The Morgan fingerprint density at radius 2 is 1.47 bits per heavy atom. The first-order valence-corrected chi connectivity index (χ1v) is 14.0. The topological polar surface area (TPSA) is 29.5 Å². The van der Waals surface area contributed by atoms with Crippen LogP contribution < -0.4 is 0 Å². The lowest BCUT2D eigenvalue weighted by molar-refractivity contribution is -0.231. The van der Waals surface area contributed by atoms with Crippen molar-refractivity contribution < 1.29 is 35.9 Å². The highest BCUT2D eigenvalue weighted by Gasteiger charge is 2.54. The zero-order chi connectivity index (χ0) is 25.9. The predicted octanol–water partition coefficient (Wildman–Crippen LogP) is 7.19. The van der Waals surface area contributed by atoms with E-state index in [0.717, 1.165) is 45.1 Å². The first-order chi connectivity index (χ1) is 17.1. The van der Waals surface area contributed by atoms with Gasteiger partial charge in [0.1, 0.15) is 6.29 Å². The van der Waals surface area contributed by atoms with Crippen LogP contribution in [0.1, 0.15) is 83.5 Å². The molecule has 4 rings (SSSR count). The third-order valence-corrected chi connectivity index (χ3v) is 9.68. The number of aldehydes is 1. The molecule has 1 heterocycles. The number of fused-ring (bicyclic) bond motifs is 1. The molecule has 1 aliphatic heterocycles. The van der Waals surface area contributed by atoms with Gasteiger partial charge in [0.25, 0.3) is 0 Å². The molecule has 3 nitrogen and oxygen atoms in total. The van der Waals surface area contributed by atoms with Crippen LogP contribution in [0.3, 0.4) is 0 Å². The molecule has 1 saturated heterocycles. The first kappa shape index (κ1) is 28.2. The van der Waals surface area contributed by atoms with Crippen molar-refractivity contribution in [1.29, 1.82) is 0 Å². The average Bonchev–Trinajstić information content (AvgIpc) is 3.18. The SMILES string of the molecule is O=CCC1CN(CCCOC2CCCCC2)C2CCC(C3CC(C(F)(F)F)CC(C(F)(F)F)C3)CC12. The molecule has 3 saturated carbocycles. The van der Waals surface area contributed by atoms with Crippen molar-refractivity contribution in [3.8, 4) is 0 Å². The Morgan fingerprint density at radius 3 is 2.08 bits per heavy atom. The van der Waals surface area contributed by atoms with E-state index >= 15 is 0 Å². The molecule has 0 aromatic heterocycles. The summed E-state index contributed by atoms with van der Waals surface area (Å²) in [5, 5.41) is 0. The molecule has 0 bridgehead atoms. The van der Waals surface area contributed by atoms with Gasteiger partial charge in [-0.3, -0.25) is 4.90 Å². The van der Waals surface area contributed by atoms with Gasteiger partial charge in [0, 0.05) is 32.2 Å². The molecule has 9 heteroatoms. The fraction of sp³-hybridized carbons (Fsp3) is 0.963. The summed E-state index contributed by atoms with van der Waals surface area (Å²) in [6.07, 6.45) is 0.255. The number of halogens is 6. The van der Waals surface area contributed by atoms with Gasteiger partial charge in [-0.15, -0.1) is 0 Å². The Hall–Kier alpha value is -0.830. The minimum atomic E-state index is -4.59. The standard InChI is InChI=1S/C27H41F6NO2/c28-26(29,30)21-13-20(14-22(16-21)27(31,32)33)18-7-8-25-24(15-18)19(9-11-35)17-34(25)10-4-12-36-23-5-2-1-3-6-23/h11,18-25H,1-10,12-17H2. The second-order valence-electron chi connectivity index (χ2n) is 11.9. The van der Waals surface area contributed by atoms with E-state index in [9.17, 15) is 31.1 Å². The van der Waals surface area contributed by atoms with E-state index in [1.165, 1.54) is 19.3 Å². The van der Waals surface area contributed by atoms with Gasteiger partial charge in [0.15, 0.2) is 0 Å². The molecule has 208 valence electrons. The van der Waals surface area contributed by atoms with E-state index in [-0.39, 0.29) is 36.6 Å². The maximum absolute atomic E-state index is 13.5. The minimum Gasteiger partial charge on any atom is -0.378 e. The smallest absolute Gasteiger partial charge is 0.378 e. The van der Waals surface area contributed by atoms with Crippen LogP contribution in [-0.4, -0.2) is 55.4 Å². The van der Waals surface area contributed by atoms with Crippen LogP contribution in [-0.2, 0) is 9.53 Å². The lowest BCUT2D eigenvalue weighted by atomic mass is 9.63. The van der Waals surface area contributed by atoms with Crippen molar-refractivity contribution >= 4 is 6.29 Å². The second-order valence-corrected chi connectivity index (χ2v) is 11.9. The summed E-state index contributed by atoms with van der Waals surface area (Å²) in [5.74, 6) is -4.15. The van der Waals surface area contributed by atoms with Gasteiger partial charge in [-0.25, -0.2) is 0 Å². The lowest BCUT2D eigenvalue weighted by Gasteiger charge is -2.44. The highest BCUT2D eigenvalue weighted by molar-refractivity contribution is 5.50. The Bertz CT molecular complexity index is 685. The van der Waals surface area contributed by atoms with Crippen molar-refractivity contribution in [2.45, 2.75) is 108 Å². The monoisotopic (exact) mass is 525 g/mol. The summed E-state index contributed by atoms with van der Waals surface area (Å²) in [4.78, 5) is 13.8. The minimum absolute atomic E-state index is 0.134. The molecule has 4 aliphatic rings. The number of ether oxygens (including phenoxy) is 1. The van der Waals surface area contributed by atoms with Gasteiger partial charge < -0.3 is 9.53 Å². The predicted molar refractivity (Wildman–Crippen MR) is 124 cm³/mol. The quantitative estimate of drug-likeness (QED) is 0.191. The van der Waals surface area contributed by atoms with E-state index < -0.39 is 36.5 Å². The zero-order valence-corrected chi connectivity index (χ0v) is 21.0. The normalized spacial score (nSPS) is 37.1. The fourth-order valence-electron chi connectivity index (χ4n) is 7.85. The molecule has 0 aromatic carbocycles. The summed E-state index contributed by atoms with van der Waals surface area (Å²) >= 11 is 0. The largest absolute Gasteiger partial charge is 0.391 e. The molecule has 0 N–H and O–H groups in total. The van der Waals surface area contributed by atoms with Gasteiger partial charge >= 0.3 is 12.4 Å². The van der Waals surface area contributed by atoms with Gasteiger partial charge in [0.2, 0.25) is 0 Å². The summed E-state index contributed by atoms with van der Waals surface area (Å²) in [5.41, 5.74) is 0. The number of rotatable bonds is 8. The summed E-state index contributed by atoms with van der Waals surface area (Å²) in [6, 6.07) is 0.265. The van der Waals surface area contributed by atoms with E-state index in [1.807, 2.05) is 0 Å². The van der Waals surface area contributed by atoms with Crippen LogP contribution in [0.15, 0.2) is 0 Å². The number of nitrogens with zero attached hydrogens (tertiary/aromatic N) is 1. The molecule has 6 unspecified atom stereocenters. The lowest BCUT2D eigenvalue weighted by Crippen LogP contribution is -2.43. The van der Waals surface area contributed by atoms with Crippen LogP contribution in [0.4, 0.5) is 26.3 Å². The van der Waals surface area contributed by atoms with Gasteiger partial charge in [-0.1, -0.05) is 19.3 Å². The van der Waals surface area contributed by atoms with Crippen LogP contribution in [0.2, 0.25) is 0 Å². The Labute approximate surface area is 210 Å². The zero-order valence-electron chi connectivity index (χ0n) is 21.0. The molecular formula is C27H41F6NO2. The molecule has 3 aliphatic carbocycles. The molecule has 0 radical (unpaired) electrons. The third kappa shape index (κ3) is 6.97. The maximum atomic E-state index is 13.5. The number of hydrogen-bond donors (Lipinski definition) is 0. The number of alkyl halides is 6. The second kappa shape index (κ2) is 11.9.